The third-order valence-corrected chi connectivity index (χ3v) is 3.79. The summed E-state index contributed by atoms with van der Waals surface area (Å²) >= 11 is 0. The van der Waals surface area contributed by atoms with Crippen molar-refractivity contribution in [1.29, 1.82) is 0 Å². The Labute approximate surface area is 135 Å². The van der Waals surface area contributed by atoms with E-state index in [1.165, 1.54) is 6.39 Å². The standard InChI is InChI=1S/C17H11N3O4/c21-15(19-10-5-6-13-14(7-10)24-9-18-13)8-20-16(22)11-3-1-2-4-12(11)17(20)23/h1-7,9H,8H2,(H,19,21). The molecule has 118 valence electrons. The summed E-state index contributed by atoms with van der Waals surface area (Å²) in [5, 5.41) is 2.65. The molecule has 24 heavy (non-hydrogen) atoms. The summed E-state index contributed by atoms with van der Waals surface area (Å²) in [6.45, 7) is -0.346. The number of benzene rings is 2. The molecule has 0 radical (unpaired) electrons. The molecule has 0 saturated carbocycles. The van der Waals surface area contributed by atoms with Gasteiger partial charge < -0.3 is 9.73 Å². The number of hydrogen-bond acceptors (Lipinski definition) is 5. The zero-order chi connectivity index (χ0) is 16.7. The number of anilines is 1. The van der Waals surface area contributed by atoms with E-state index in [0.29, 0.717) is 27.9 Å². The lowest BCUT2D eigenvalue weighted by molar-refractivity contribution is -0.116. The van der Waals surface area contributed by atoms with Gasteiger partial charge in [0.25, 0.3) is 11.8 Å². The molecule has 1 N–H and O–H groups in total. The fourth-order valence-corrected chi connectivity index (χ4v) is 2.66. The van der Waals surface area contributed by atoms with Crippen LogP contribution in [-0.4, -0.2) is 34.2 Å². The number of imide groups is 1. The van der Waals surface area contributed by atoms with Crippen molar-refractivity contribution in [3.63, 3.8) is 0 Å². The topological polar surface area (TPSA) is 92.5 Å². The number of nitrogens with zero attached hydrogens (tertiary/aromatic N) is 2. The zero-order valence-corrected chi connectivity index (χ0v) is 12.4. The number of nitrogens with one attached hydrogen (secondary N) is 1. The molecule has 1 aliphatic rings. The van der Waals surface area contributed by atoms with Gasteiger partial charge in [0.15, 0.2) is 12.0 Å². The van der Waals surface area contributed by atoms with Crippen LogP contribution in [0.1, 0.15) is 20.7 Å². The fourth-order valence-electron chi connectivity index (χ4n) is 2.66. The van der Waals surface area contributed by atoms with Crippen molar-refractivity contribution < 1.29 is 18.8 Å². The van der Waals surface area contributed by atoms with Gasteiger partial charge in [-0.1, -0.05) is 12.1 Å². The molecule has 0 bridgehead atoms. The highest BCUT2D eigenvalue weighted by atomic mass is 16.3. The summed E-state index contributed by atoms with van der Waals surface area (Å²) in [6.07, 6.45) is 1.31. The first-order chi connectivity index (χ1) is 11.6. The number of hydrogen-bond donors (Lipinski definition) is 1. The van der Waals surface area contributed by atoms with Gasteiger partial charge in [0.2, 0.25) is 5.91 Å². The fraction of sp³-hybridized carbons (Fsp3) is 0.0588. The lowest BCUT2D eigenvalue weighted by Crippen LogP contribution is -2.37. The molecule has 7 nitrogen and oxygen atoms in total. The van der Waals surface area contributed by atoms with Crippen LogP contribution in [0.25, 0.3) is 11.1 Å². The number of carbonyl (C=O) groups is 3. The molecule has 4 rings (SSSR count). The molecule has 0 unspecified atom stereocenters. The van der Waals surface area contributed by atoms with Crippen LogP contribution in [-0.2, 0) is 4.79 Å². The molecule has 3 amide bonds. The molecule has 0 saturated heterocycles. The number of rotatable bonds is 3. The van der Waals surface area contributed by atoms with E-state index in [1.807, 2.05) is 0 Å². The summed E-state index contributed by atoms with van der Waals surface area (Å²) in [5.41, 5.74) is 2.35. The van der Waals surface area contributed by atoms with Gasteiger partial charge in [-0.3, -0.25) is 19.3 Å². The second kappa shape index (κ2) is 5.31. The molecule has 0 aliphatic carbocycles. The molecular formula is C17H11N3O4. The van der Waals surface area contributed by atoms with E-state index in [9.17, 15) is 14.4 Å². The Bertz CT molecular complexity index is 957. The largest absolute Gasteiger partial charge is 0.443 e. The quantitative estimate of drug-likeness (QED) is 0.745. The van der Waals surface area contributed by atoms with E-state index in [0.717, 1.165) is 4.90 Å². The van der Waals surface area contributed by atoms with Gasteiger partial charge in [-0.05, 0) is 24.3 Å². The predicted molar refractivity (Wildman–Crippen MR) is 84.4 cm³/mol. The number of aromatic nitrogens is 1. The van der Waals surface area contributed by atoms with Crippen molar-refractivity contribution >= 4 is 34.5 Å². The van der Waals surface area contributed by atoms with Crippen LogP contribution in [0, 0.1) is 0 Å². The number of carbonyl (C=O) groups excluding carboxylic acids is 3. The predicted octanol–water partition coefficient (Wildman–Crippen LogP) is 2.06. The minimum atomic E-state index is -0.469. The van der Waals surface area contributed by atoms with Crippen LogP contribution in [0.3, 0.4) is 0 Å². The maximum Gasteiger partial charge on any atom is 0.262 e. The van der Waals surface area contributed by atoms with Crippen molar-refractivity contribution in [3.05, 3.63) is 60.0 Å². The third kappa shape index (κ3) is 2.23. The Balaban J connectivity index is 1.50. The Kier molecular flexibility index (Phi) is 3.13. The molecule has 0 spiro atoms. The minimum Gasteiger partial charge on any atom is -0.443 e. The van der Waals surface area contributed by atoms with Crippen molar-refractivity contribution in [1.82, 2.24) is 9.88 Å². The van der Waals surface area contributed by atoms with Gasteiger partial charge >= 0.3 is 0 Å². The second-order valence-corrected chi connectivity index (χ2v) is 5.33. The first kappa shape index (κ1) is 14.1. The summed E-state index contributed by atoms with van der Waals surface area (Å²) in [6, 6.07) is 11.5. The molecule has 0 atom stereocenters. The number of amides is 3. The van der Waals surface area contributed by atoms with E-state index < -0.39 is 17.7 Å². The van der Waals surface area contributed by atoms with Gasteiger partial charge in [-0.15, -0.1) is 0 Å². The lowest BCUT2D eigenvalue weighted by Gasteiger charge is -2.13. The molecular weight excluding hydrogens is 310 g/mol. The molecule has 2 heterocycles. The summed E-state index contributed by atoms with van der Waals surface area (Å²) in [5.74, 6) is -1.39. The van der Waals surface area contributed by atoms with Crippen molar-refractivity contribution in [2.45, 2.75) is 0 Å². The van der Waals surface area contributed by atoms with Crippen LogP contribution in [0.4, 0.5) is 5.69 Å². The van der Waals surface area contributed by atoms with E-state index >= 15 is 0 Å². The van der Waals surface area contributed by atoms with Crippen LogP contribution in [0.15, 0.2) is 53.3 Å². The van der Waals surface area contributed by atoms with E-state index in [2.05, 4.69) is 10.3 Å². The maximum atomic E-state index is 12.2. The van der Waals surface area contributed by atoms with E-state index in [4.69, 9.17) is 4.42 Å². The lowest BCUT2D eigenvalue weighted by atomic mass is 10.1. The molecule has 1 aromatic heterocycles. The van der Waals surface area contributed by atoms with Gasteiger partial charge in [-0.25, -0.2) is 4.98 Å². The highest BCUT2D eigenvalue weighted by molar-refractivity contribution is 6.22. The van der Waals surface area contributed by atoms with Gasteiger partial charge in [0, 0.05) is 11.8 Å². The number of fused-ring (bicyclic) bond motifs is 2. The Morgan fingerprint density at radius 1 is 1.08 bits per heavy atom. The summed E-state index contributed by atoms with van der Waals surface area (Å²) in [7, 11) is 0. The van der Waals surface area contributed by atoms with Crippen LogP contribution in [0.2, 0.25) is 0 Å². The highest BCUT2D eigenvalue weighted by Crippen LogP contribution is 2.22. The van der Waals surface area contributed by atoms with E-state index in [1.54, 1.807) is 42.5 Å². The normalized spacial score (nSPS) is 13.4. The van der Waals surface area contributed by atoms with Gasteiger partial charge in [0.1, 0.15) is 12.1 Å². The van der Waals surface area contributed by atoms with Crippen molar-refractivity contribution in [2.75, 3.05) is 11.9 Å². The third-order valence-electron chi connectivity index (χ3n) is 3.79. The second-order valence-electron chi connectivity index (χ2n) is 5.33. The Hall–Kier alpha value is -3.48. The SMILES string of the molecule is O=C(CN1C(=O)c2ccccc2C1=O)Nc1ccc2ncoc2c1. The minimum absolute atomic E-state index is 0.318. The van der Waals surface area contributed by atoms with Crippen LogP contribution >= 0.6 is 0 Å². The average Bonchev–Trinajstić information content (AvgIpc) is 3.14. The van der Waals surface area contributed by atoms with E-state index in [-0.39, 0.29) is 6.54 Å². The van der Waals surface area contributed by atoms with Crippen molar-refractivity contribution in [2.24, 2.45) is 0 Å². The Morgan fingerprint density at radius 3 is 2.50 bits per heavy atom. The van der Waals surface area contributed by atoms with Gasteiger partial charge in [-0.2, -0.15) is 0 Å². The van der Waals surface area contributed by atoms with Crippen molar-refractivity contribution in [3.8, 4) is 0 Å². The first-order valence-corrected chi connectivity index (χ1v) is 7.22. The molecule has 0 fully saturated rings. The summed E-state index contributed by atoms with van der Waals surface area (Å²) < 4.78 is 5.17. The first-order valence-electron chi connectivity index (χ1n) is 7.22. The molecule has 2 aromatic carbocycles. The average molecular weight is 321 g/mol. The number of oxazole rings is 1. The monoisotopic (exact) mass is 321 g/mol. The highest BCUT2D eigenvalue weighted by Gasteiger charge is 2.36. The van der Waals surface area contributed by atoms with Gasteiger partial charge in [0.05, 0.1) is 11.1 Å². The smallest absolute Gasteiger partial charge is 0.262 e. The van der Waals surface area contributed by atoms with Crippen LogP contribution in [0.5, 0.6) is 0 Å². The molecule has 7 heteroatoms. The molecule has 3 aromatic rings. The summed E-state index contributed by atoms with van der Waals surface area (Å²) in [4.78, 5) is 41.6. The maximum absolute atomic E-state index is 12.2. The van der Waals surface area contributed by atoms with Crippen LogP contribution < -0.4 is 5.32 Å². The Morgan fingerprint density at radius 2 is 1.79 bits per heavy atom. The molecule has 1 aliphatic heterocycles. The zero-order valence-electron chi connectivity index (χ0n) is 12.4.